The van der Waals surface area contributed by atoms with Crippen LogP contribution in [0.25, 0.3) is 10.9 Å². The fourth-order valence-electron chi connectivity index (χ4n) is 2.16. The second kappa shape index (κ2) is 4.26. The molecule has 0 saturated heterocycles. The van der Waals surface area contributed by atoms with Crippen LogP contribution in [0.5, 0.6) is 5.75 Å². The highest BCUT2D eigenvalue weighted by Gasteiger charge is 2.51. The smallest absolute Gasteiger partial charge is 0.329 e. The van der Waals surface area contributed by atoms with Gasteiger partial charge in [0, 0.05) is 10.9 Å². The number of hydrogen-bond donors (Lipinski definition) is 3. The number of carboxylic acid groups (broad SMARTS) is 1. The Hall–Kier alpha value is -2.50. The van der Waals surface area contributed by atoms with Crippen molar-refractivity contribution >= 4 is 22.8 Å². The summed E-state index contributed by atoms with van der Waals surface area (Å²) in [6.45, 7) is 0. The van der Waals surface area contributed by atoms with Crippen LogP contribution >= 0.6 is 0 Å². The number of hydrogen-bond acceptors (Lipinski definition) is 3. The maximum Gasteiger partial charge on any atom is 0.329 e. The number of aromatic nitrogens is 1. The van der Waals surface area contributed by atoms with Crippen LogP contribution in [0.2, 0.25) is 0 Å². The maximum atomic E-state index is 12.1. The van der Waals surface area contributed by atoms with Gasteiger partial charge in [0.2, 0.25) is 0 Å². The molecule has 1 aromatic heterocycles. The second-order valence-electron chi connectivity index (χ2n) is 4.98. The molecule has 1 fully saturated rings. The Bertz CT molecular complexity index is 700. The van der Waals surface area contributed by atoms with Crippen molar-refractivity contribution in [3.8, 4) is 5.75 Å². The number of amides is 1. The molecule has 3 N–H and O–H groups in total. The molecule has 20 heavy (non-hydrogen) atoms. The van der Waals surface area contributed by atoms with Gasteiger partial charge in [0.05, 0.1) is 7.11 Å². The highest BCUT2D eigenvalue weighted by molar-refractivity contribution is 6.01. The molecule has 1 aliphatic carbocycles. The molecule has 0 bridgehead atoms. The summed E-state index contributed by atoms with van der Waals surface area (Å²) in [5, 5.41) is 12.5. The molecule has 1 amide bonds. The molecule has 1 heterocycles. The van der Waals surface area contributed by atoms with E-state index in [9.17, 15) is 9.59 Å². The number of benzene rings is 1. The van der Waals surface area contributed by atoms with Crippen LogP contribution in [0.4, 0.5) is 0 Å². The quantitative estimate of drug-likeness (QED) is 0.788. The summed E-state index contributed by atoms with van der Waals surface area (Å²) in [5.41, 5.74) is 0.0726. The summed E-state index contributed by atoms with van der Waals surface area (Å²) < 4.78 is 5.12. The fourth-order valence-corrected chi connectivity index (χ4v) is 2.16. The zero-order chi connectivity index (χ0) is 14.3. The maximum absolute atomic E-state index is 12.1. The molecule has 1 aliphatic rings. The van der Waals surface area contributed by atoms with E-state index in [-0.39, 0.29) is 0 Å². The topological polar surface area (TPSA) is 91.4 Å². The summed E-state index contributed by atoms with van der Waals surface area (Å²) in [5.74, 6) is -0.684. The van der Waals surface area contributed by atoms with E-state index >= 15 is 0 Å². The first-order valence-electron chi connectivity index (χ1n) is 6.27. The van der Waals surface area contributed by atoms with Crippen LogP contribution in [0.3, 0.4) is 0 Å². The zero-order valence-corrected chi connectivity index (χ0v) is 10.9. The molecule has 1 aromatic carbocycles. The van der Waals surface area contributed by atoms with Crippen LogP contribution in [0.15, 0.2) is 24.3 Å². The molecule has 3 rings (SSSR count). The van der Waals surface area contributed by atoms with Crippen LogP contribution < -0.4 is 10.1 Å². The van der Waals surface area contributed by atoms with Crippen molar-refractivity contribution in [1.82, 2.24) is 10.3 Å². The summed E-state index contributed by atoms with van der Waals surface area (Å²) in [6, 6.07) is 7.10. The largest absolute Gasteiger partial charge is 0.497 e. The minimum absolute atomic E-state index is 0.348. The average molecular weight is 274 g/mol. The molecule has 0 spiro atoms. The number of rotatable bonds is 4. The predicted molar refractivity (Wildman–Crippen MR) is 71.9 cm³/mol. The predicted octanol–water partition coefficient (Wildman–Crippen LogP) is 1.52. The number of methoxy groups -OCH3 is 1. The molecule has 6 nitrogen and oxygen atoms in total. The van der Waals surface area contributed by atoms with Crippen LogP contribution in [0.1, 0.15) is 23.3 Å². The minimum Gasteiger partial charge on any atom is -0.497 e. The van der Waals surface area contributed by atoms with Gasteiger partial charge in [0.15, 0.2) is 0 Å². The van der Waals surface area contributed by atoms with Gasteiger partial charge >= 0.3 is 5.97 Å². The Morgan fingerprint density at radius 1 is 1.35 bits per heavy atom. The lowest BCUT2D eigenvalue weighted by atomic mass is 10.2. The number of aliphatic carboxylic acids is 1. The van der Waals surface area contributed by atoms with E-state index in [1.165, 1.54) is 0 Å². The van der Waals surface area contributed by atoms with Gasteiger partial charge in [-0.1, -0.05) is 0 Å². The molecule has 6 heteroatoms. The minimum atomic E-state index is -1.08. The lowest BCUT2D eigenvalue weighted by molar-refractivity contribution is -0.140. The van der Waals surface area contributed by atoms with Gasteiger partial charge in [0.1, 0.15) is 17.0 Å². The number of ether oxygens (including phenoxy) is 1. The standard InChI is InChI=1S/C14H14N2O4/c1-20-9-2-3-10-8(6-9)7-11(15-10)12(17)16-14(4-5-14)13(18)19/h2-3,6-7,15H,4-5H2,1H3,(H,16,17)(H,18,19). The van der Waals surface area contributed by atoms with Crippen molar-refractivity contribution in [2.24, 2.45) is 0 Å². The molecular weight excluding hydrogens is 260 g/mol. The van der Waals surface area contributed by atoms with Crippen molar-refractivity contribution < 1.29 is 19.4 Å². The third-order valence-electron chi connectivity index (χ3n) is 3.58. The van der Waals surface area contributed by atoms with E-state index < -0.39 is 17.4 Å². The lowest BCUT2D eigenvalue weighted by Crippen LogP contribution is -2.43. The van der Waals surface area contributed by atoms with Crippen LogP contribution in [0, 0.1) is 0 Å². The summed E-state index contributed by atoms with van der Waals surface area (Å²) in [6.07, 6.45) is 0.949. The second-order valence-corrected chi connectivity index (χ2v) is 4.98. The van der Waals surface area contributed by atoms with Crippen molar-refractivity contribution in [2.75, 3.05) is 7.11 Å². The number of carbonyl (C=O) groups excluding carboxylic acids is 1. The van der Waals surface area contributed by atoms with Crippen molar-refractivity contribution in [1.29, 1.82) is 0 Å². The van der Waals surface area contributed by atoms with E-state index in [1.807, 2.05) is 12.1 Å². The van der Waals surface area contributed by atoms with E-state index in [2.05, 4.69) is 10.3 Å². The van der Waals surface area contributed by atoms with Crippen LogP contribution in [-0.4, -0.2) is 34.6 Å². The van der Waals surface area contributed by atoms with E-state index in [1.54, 1.807) is 19.2 Å². The van der Waals surface area contributed by atoms with Crippen molar-refractivity contribution in [3.05, 3.63) is 30.0 Å². The number of H-pyrrole nitrogens is 1. The molecule has 0 radical (unpaired) electrons. The molecular formula is C14H14N2O4. The van der Waals surface area contributed by atoms with Gasteiger partial charge in [-0.2, -0.15) is 0 Å². The van der Waals surface area contributed by atoms with Gasteiger partial charge in [0.25, 0.3) is 5.91 Å². The summed E-state index contributed by atoms with van der Waals surface area (Å²) in [4.78, 5) is 26.1. The van der Waals surface area contributed by atoms with Crippen molar-refractivity contribution in [2.45, 2.75) is 18.4 Å². The third-order valence-corrected chi connectivity index (χ3v) is 3.58. The molecule has 0 atom stereocenters. The Kier molecular flexibility index (Phi) is 2.67. The highest BCUT2D eigenvalue weighted by Crippen LogP contribution is 2.35. The van der Waals surface area contributed by atoms with Gasteiger partial charge in [-0.05, 0) is 37.1 Å². The van der Waals surface area contributed by atoms with E-state index in [0.717, 1.165) is 10.9 Å². The van der Waals surface area contributed by atoms with Gasteiger partial charge < -0.3 is 20.1 Å². The Labute approximate surface area is 114 Å². The first-order valence-corrected chi connectivity index (χ1v) is 6.27. The third kappa shape index (κ3) is 1.99. The normalized spacial score (nSPS) is 15.8. The molecule has 1 saturated carbocycles. The zero-order valence-electron chi connectivity index (χ0n) is 10.9. The fraction of sp³-hybridized carbons (Fsp3) is 0.286. The number of nitrogens with one attached hydrogen (secondary N) is 2. The Balaban J connectivity index is 1.87. The SMILES string of the molecule is COc1ccc2[nH]c(C(=O)NC3(C(=O)O)CC3)cc2c1. The van der Waals surface area contributed by atoms with E-state index in [4.69, 9.17) is 9.84 Å². The number of carbonyl (C=O) groups is 2. The highest BCUT2D eigenvalue weighted by atomic mass is 16.5. The molecule has 0 aliphatic heterocycles. The Morgan fingerprint density at radius 2 is 2.10 bits per heavy atom. The van der Waals surface area contributed by atoms with Gasteiger partial charge in [-0.3, -0.25) is 4.79 Å². The monoisotopic (exact) mass is 274 g/mol. The number of carboxylic acids is 1. The summed E-state index contributed by atoms with van der Waals surface area (Å²) in [7, 11) is 1.57. The number of aromatic amines is 1. The van der Waals surface area contributed by atoms with Crippen molar-refractivity contribution in [3.63, 3.8) is 0 Å². The van der Waals surface area contributed by atoms with Crippen LogP contribution in [-0.2, 0) is 4.79 Å². The molecule has 2 aromatic rings. The average Bonchev–Trinajstić information content (AvgIpc) is 3.09. The lowest BCUT2D eigenvalue weighted by Gasteiger charge is -2.10. The van der Waals surface area contributed by atoms with Gasteiger partial charge in [-0.15, -0.1) is 0 Å². The first kappa shape index (κ1) is 12.5. The molecule has 104 valence electrons. The number of fused-ring (bicyclic) bond motifs is 1. The van der Waals surface area contributed by atoms with E-state index in [0.29, 0.717) is 24.3 Å². The molecule has 0 unspecified atom stereocenters. The first-order chi connectivity index (χ1) is 9.54. The summed E-state index contributed by atoms with van der Waals surface area (Å²) >= 11 is 0. The van der Waals surface area contributed by atoms with Gasteiger partial charge in [-0.25, -0.2) is 4.79 Å². The Morgan fingerprint density at radius 3 is 2.70 bits per heavy atom.